The van der Waals surface area contributed by atoms with Gasteiger partial charge in [-0.3, -0.25) is 5.84 Å². The lowest BCUT2D eigenvalue weighted by atomic mass is 10.3. The van der Waals surface area contributed by atoms with Crippen molar-refractivity contribution in [3.63, 3.8) is 0 Å². The van der Waals surface area contributed by atoms with E-state index in [4.69, 9.17) is 5.84 Å². The predicted octanol–water partition coefficient (Wildman–Crippen LogP) is 1.83. The fraction of sp³-hybridized carbons (Fsp3) is 0.143. The smallest absolute Gasteiger partial charge is 0.136 e. The number of hydrazine groups is 1. The summed E-state index contributed by atoms with van der Waals surface area (Å²) >= 11 is 1.35. The van der Waals surface area contributed by atoms with Gasteiger partial charge in [0.1, 0.15) is 5.82 Å². The van der Waals surface area contributed by atoms with Crippen molar-refractivity contribution in [2.75, 3.05) is 11.7 Å². The molecule has 2 nitrogen and oxygen atoms in total. The van der Waals surface area contributed by atoms with Gasteiger partial charge in [0.2, 0.25) is 0 Å². The van der Waals surface area contributed by atoms with Crippen LogP contribution in [0, 0.1) is 5.82 Å². The number of hydrogen-bond donors (Lipinski definition) is 2. The molecule has 1 aromatic rings. The molecule has 0 saturated heterocycles. The van der Waals surface area contributed by atoms with E-state index in [0.717, 1.165) is 5.69 Å². The van der Waals surface area contributed by atoms with E-state index in [1.165, 1.54) is 17.8 Å². The van der Waals surface area contributed by atoms with E-state index in [9.17, 15) is 4.39 Å². The summed E-state index contributed by atoms with van der Waals surface area (Å²) in [7, 11) is 0. The Morgan fingerprint density at radius 3 is 2.82 bits per heavy atom. The number of thioether (sulfide) groups is 1. The Morgan fingerprint density at radius 1 is 1.55 bits per heavy atom. The normalized spacial score (nSPS) is 9.73. The Labute approximate surface area is 68.9 Å². The van der Waals surface area contributed by atoms with Crippen LogP contribution in [0.25, 0.3) is 0 Å². The summed E-state index contributed by atoms with van der Waals surface area (Å²) in [5.41, 5.74) is 3.17. The molecule has 0 aliphatic carbocycles. The van der Waals surface area contributed by atoms with Crippen molar-refractivity contribution in [1.29, 1.82) is 0 Å². The van der Waals surface area contributed by atoms with Crippen LogP contribution in [0.2, 0.25) is 0 Å². The molecule has 0 radical (unpaired) electrons. The van der Waals surface area contributed by atoms with Gasteiger partial charge >= 0.3 is 0 Å². The van der Waals surface area contributed by atoms with Gasteiger partial charge in [0.05, 0.1) is 0 Å². The van der Waals surface area contributed by atoms with Gasteiger partial charge in [0, 0.05) is 10.6 Å². The molecule has 0 spiro atoms. The number of halogens is 1. The van der Waals surface area contributed by atoms with Crippen LogP contribution in [-0.2, 0) is 0 Å². The second kappa shape index (κ2) is 3.59. The van der Waals surface area contributed by atoms with Crippen LogP contribution in [0.3, 0.4) is 0 Å². The third-order valence-electron chi connectivity index (χ3n) is 1.32. The first-order chi connectivity index (χ1) is 5.27. The third kappa shape index (κ3) is 1.85. The molecule has 0 bridgehead atoms. The minimum atomic E-state index is -0.212. The standard InChI is InChI=1S/C7H9FN2S/c1-11-7-4-5(10-9)2-3-6(7)8/h2-4,10H,9H2,1H3. The zero-order chi connectivity index (χ0) is 8.27. The second-order valence-corrected chi connectivity index (χ2v) is 2.84. The van der Waals surface area contributed by atoms with E-state index < -0.39 is 0 Å². The molecule has 3 N–H and O–H groups in total. The summed E-state index contributed by atoms with van der Waals surface area (Å²) in [5.74, 6) is 4.93. The second-order valence-electron chi connectivity index (χ2n) is 1.99. The summed E-state index contributed by atoms with van der Waals surface area (Å²) in [6.45, 7) is 0. The lowest BCUT2D eigenvalue weighted by Crippen LogP contribution is -2.06. The maximum absolute atomic E-state index is 12.8. The summed E-state index contributed by atoms with van der Waals surface area (Å²) in [6, 6.07) is 4.65. The first-order valence-electron chi connectivity index (χ1n) is 3.08. The molecule has 60 valence electrons. The first kappa shape index (κ1) is 8.36. The largest absolute Gasteiger partial charge is 0.324 e. The van der Waals surface area contributed by atoms with Gasteiger partial charge < -0.3 is 5.43 Å². The van der Waals surface area contributed by atoms with E-state index in [1.54, 1.807) is 12.1 Å². The molecule has 0 aliphatic heterocycles. The average molecular weight is 172 g/mol. The molecule has 0 aromatic heterocycles. The van der Waals surface area contributed by atoms with Gasteiger partial charge in [-0.1, -0.05) is 0 Å². The Bertz CT molecular complexity index is 252. The SMILES string of the molecule is CSc1cc(NN)ccc1F. The lowest BCUT2D eigenvalue weighted by molar-refractivity contribution is 0.602. The third-order valence-corrected chi connectivity index (χ3v) is 2.07. The van der Waals surface area contributed by atoms with Gasteiger partial charge in [-0.05, 0) is 24.5 Å². The van der Waals surface area contributed by atoms with Gasteiger partial charge in [0.25, 0.3) is 0 Å². The molecule has 0 aliphatic rings. The van der Waals surface area contributed by atoms with Crippen molar-refractivity contribution in [1.82, 2.24) is 0 Å². The Balaban J connectivity index is 3.02. The van der Waals surface area contributed by atoms with E-state index in [2.05, 4.69) is 5.43 Å². The van der Waals surface area contributed by atoms with Gasteiger partial charge in [-0.15, -0.1) is 11.8 Å². The van der Waals surface area contributed by atoms with Crippen LogP contribution in [0.15, 0.2) is 23.1 Å². The number of nitrogens with two attached hydrogens (primary N) is 1. The molecule has 0 atom stereocenters. The molecule has 0 fully saturated rings. The molecule has 1 rings (SSSR count). The summed E-state index contributed by atoms with van der Waals surface area (Å²) in [5, 5.41) is 0. The number of nitrogen functional groups attached to an aromatic ring is 1. The van der Waals surface area contributed by atoms with Gasteiger partial charge in [0.15, 0.2) is 0 Å². The predicted molar refractivity (Wildman–Crippen MR) is 46.0 cm³/mol. The average Bonchev–Trinajstić information content (AvgIpc) is 2.05. The summed E-state index contributed by atoms with van der Waals surface area (Å²) in [4.78, 5) is 0.598. The van der Waals surface area contributed by atoms with Crippen LogP contribution in [-0.4, -0.2) is 6.26 Å². The molecule has 1 aromatic carbocycles. The van der Waals surface area contributed by atoms with Crippen LogP contribution in [0.1, 0.15) is 0 Å². The highest BCUT2D eigenvalue weighted by Crippen LogP contribution is 2.22. The number of nitrogens with one attached hydrogen (secondary N) is 1. The minimum Gasteiger partial charge on any atom is -0.324 e. The molecule has 0 saturated carbocycles. The van der Waals surface area contributed by atoms with Crippen molar-refractivity contribution >= 4 is 17.4 Å². The van der Waals surface area contributed by atoms with Crippen molar-refractivity contribution in [3.8, 4) is 0 Å². The van der Waals surface area contributed by atoms with Crippen LogP contribution < -0.4 is 11.3 Å². The maximum Gasteiger partial charge on any atom is 0.136 e. The first-order valence-corrected chi connectivity index (χ1v) is 4.30. The minimum absolute atomic E-state index is 0.212. The van der Waals surface area contributed by atoms with E-state index in [1.807, 2.05) is 6.26 Å². The van der Waals surface area contributed by atoms with E-state index in [0.29, 0.717) is 4.90 Å². The summed E-state index contributed by atoms with van der Waals surface area (Å²) < 4.78 is 12.8. The highest BCUT2D eigenvalue weighted by Gasteiger charge is 2.00. The molecule has 4 heteroatoms. The highest BCUT2D eigenvalue weighted by molar-refractivity contribution is 7.98. The number of hydrogen-bond acceptors (Lipinski definition) is 3. The van der Waals surface area contributed by atoms with Crippen molar-refractivity contribution in [2.45, 2.75) is 4.90 Å². The Hall–Kier alpha value is -0.740. The van der Waals surface area contributed by atoms with Crippen LogP contribution in [0.5, 0.6) is 0 Å². The number of benzene rings is 1. The van der Waals surface area contributed by atoms with E-state index in [-0.39, 0.29) is 5.82 Å². The molecule has 11 heavy (non-hydrogen) atoms. The van der Waals surface area contributed by atoms with Crippen LogP contribution >= 0.6 is 11.8 Å². The van der Waals surface area contributed by atoms with Crippen LogP contribution in [0.4, 0.5) is 10.1 Å². The number of anilines is 1. The zero-order valence-electron chi connectivity index (χ0n) is 6.10. The molecule has 0 unspecified atom stereocenters. The van der Waals surface area contributed by atoms with Crippen molar-refractivity contribution < 1.29 is 4.39 Å². The highest BCUT2D eigenvalue weighted by atomic mass is 32.2. The van der Waals surface area contributed by atoms with Gasteiger partial charge in [-0.2, -0.15) is 0 Å². The maximum atomic E-state index is 12.8. The fourth-order valence-corrected chi connectivity index (χ4v) is 1.26. The Kier molecular flexibility index (Phi) is 2.73. The quantitative estimate of drug-likeness (QED) is 0.406. The zero-order valence-corrected chi connectivity index (χ0v) is 6.91. The van der Waals surface area contributed by atoms with Crippen molar-refractivity contribution in [2.24, 2.45) is 5.84 Å². The number of rotatable bonds is 2. The topological polar surface area (TPSA) is 38.0 Å². The van der Waals surface area contributed by atoms with Gasteiger partial charge in [-0.25, -0.2) is 4.39 Å². The molecular weight excluding hydrogens is 163 g/mol. The lowest BCUT2D eigenvalue weighted by Gasteiger charge is -2.02. The molecule has 0 amide bonds. The molecular formula is C7H9FN2S. The van der Waals surface area contributed by atoms with E-state index >= 15 is 0 Å². The fourth-order valence-electron chi connectivity index (χ4n) is 0.750. The molecule has 0 heterocycles. The Morgan fingerprint density at radius 2 is 2.27 bits per heavy atom. The monoisotopic (exact) mass is 172 g/mol. The summed E-state index contributed by atoms with van der Waals surface area (Å²) in [6.07, 6.45) is 1.82. The van der Waals surface area contributed by atoms with Crippen molar-refractivity contribution in [3.05, 3.63) is 24.0 Å².